The molecule has 1 rings (SSSR count). The second-order valence-electron chi connectivity index (χ2n) is 2.34. The zero-order valence-corrected chi connectivity index (χ0v) is 5.81. The summed E-state index contributed by atoms with van der Waals surface area (Å²) in [6, 6.07) is -0.999. The summed E-state index contributed by atoms with van der Waals surface area (Å²) in [4.78, 5) is 21.3. The number of amides is 3. The van der Waals surface area contributed by atoms with E-state index >= 15 is 0 Å². The maximum atomic E-state index is 10.7. The largest absolute Gasteiger partial charge is 0.370 e. The quantitative estimate of drug-likeness (QED) is 0.391. The smallest absolute Gasteiger partial charge is 0.350 e. The summed E-state index contributed by atoms with van der Waals surface area (Å²) < 4.78 is 0. The van der Waals surface area contributed by atoms with Crippen LogP contribution in [-0.4, -0.2) is 33.5 Å². The number of nitrogens with one attached hydrogen (secondary N) is 1. The molecule has 1 heterocycles. The topological polar surface area (TPSA) is 89.9 Å². The van der Waals surface area contributed by atoms with E-state index in [1.54, 1.807) is 0 Å². The number of carbonyl (C=O) groups excluding carboxylic acids is 2. The Morgan fingerprint density at radius 2 is 2.09 bits per heavy atom. The molecular weight excluding hydrogens is 152 g/mol. The molecule has 1 fully saturated rings. The monoisotopic (exact) mass is 160 g/mol. The molecule has 11 heavy (non-hydrogen) atoms. The highest BCUT2D eigenvalue weighted by Crippen LogP contribution is 2.11. The molecule has 6 nitrogen and oxygen atoms in total. The standard InChI is InChI=1S/C5H8N2O4/c1-2-3(8)6-5(10)7(11)4(2)9/h2,4,9,11H,1H3,(H,6,8,10). The van der Waals surface area contributed by atoms with E-state index in [0.717, 1.165) is 0 Å². The highest BCUT2D eigenvalue weighted by atomic mass is 16.6. The minimum absolute atomic E-state index is 0.0894. The molecular formula is C5H8N2O4. The Morgan fingerprint density at radius 3 is 2.64 bits per heavy atom. The molecule has 2 atom stereocenters. The lowest BCUT2D eigenvalue weighted by molar-refractivity contribution is -0.187. The van der Waals surface area contributed by atoms with Crippen LogP contribution in [0.2, 0.25) is 0 Å². The summed E-state index contributed by atoms with van der Waals surface area (Å²) in [6.45, 7) is 1.40. The number of hydrogen-bond donors (Lipinski definition) is 3. The van der Waals surface area contributed by atoms with Crippen molar-refractivity contribution in [3.05, 3.63) is 0 Å². The van der Waals surface area contributed by atoms with Gasteiger partial charge in [-0.15, -0.1) is 0 Å². The molecule has 3 N–H and O–H groups in total. The first kappa shape index (κ1) is 7.96. The van der Waals surface area contributed by atoms with Crippen molar-refractivity contribution in [1.29, 1.82) is 0 Å². The molecule has 0 spiro atoms. The average molecular weight is 160 g/mol. The van der Waals surface area contributed by atoms with Crippen molar-refractivity contribution in [1.82, 2.24) is 10.4 Å². The van der Waals surface area contributed by atoms with Crippen LogP contribution in [0.4, 0.5) is 4.79 Å². The van der Waals surface area contributed by atoms with Gasteiger partial charge in [-0.1, -0.05) is 0 Å². The maximum Gasteiger partial charge on any atom is 0.350 e. The second kappa shape index (κ2) is 2.48. The number of hydroxylamine groups is 2. The fourth-order valence-electron chi connectivity index (χ4n) is 0.744. The third-order valence-corrected chi connectivity index (χ3v) is 1.55. The maximum absolute atomic E-state index is 10.7. The molecule has 1 aliphatic rings. The summed E-state index contributed by atoms with van der Waals surface area (Å²) in [5.41, 5.74) is 0. The predicted molar refractivity (Wildman–Crippen MR) is 32.3 cm³/mol. The minimum Gasteiger partial charge on any atom is -0.370 e. The average Bonchev–Trinajstić information content (AvgIpc) is 1.97. The lowest BCUT2D eigenvalue weighted by Crippen LogP contribution is -2.58. The number of aliphatic hydroxyl groups is 1. The molecule has 62 valence electrons. The summed E-state index contributed by atoms with van der Waals surface area (Å²) in [6.07, 6.45) is -1.45. The first-order chi connectivity index (χ1) is 5.04. The summed E-state index contributed by atoms with van der Waals surface area (Å²) in [7, 11) is 0. The lowest BCUT2D eigenvalue weighted by atomic mass is 10.1. The Morgan fingerprint density at radius 1 is 1.55 bits per heavy atom. The summed E-state index contributed by atoms with van der Waals surface area (Å²) >= 11 is 0. The van der Waals surface area contributed by atoms with Crippen LogP contribution in [0.25, 0.3) is 0 Å². The van der Waals surface area contributed by atoms with Crippen LogP contribution in [0.3, 0.4) is 0 Å². The summed E-state index contributed by atoms with van der Waals surface area (Å²) in [5, 5.41) is 19.7. The SMILES string of the molecule is CC1C(=O)NC(=O)N(O)C1O. The zero-order chi connectivity index (χ0) is 8.59. The van der Waals surface area contributed by atoms with Crippen molar-refractivity contribution in [2.24, 2.45) is 5.92 Å². The zero-order valence-electron chi connectivity index (χ0n) is 5.81. The van der Waals surface area contributed by atoms with E-state index in [9.17, 15) is 9.59 Å². The van der Waals surface area contributed by atoms with Gasteiger partial charge in [0, 0.05) is 0 Å². The lowest BCUT2D eigenvalue weighted by Gasteiger charge is -2.30. The number of carbonyl (C=O) groups is 2. The van der Waals surface area contributed by atoms with Crippen LogP contribution in [0.1, 0.15) is 6.92 Å². The molecule has 0 bridgehead atoms. The fourth-order valence-corrected chi connectivity index (χ4v) is 0.744. The second-order valence-corrected chi connectivity index (χ2v) is 2.34. The number of aliphatic hydroxyl groups excluding tert-OH is 1. The van der Waals surface area contributed by atoms with E-state index in [0.29, 0.717) is 0 Å². The molecule has 2 unspecified atom stereocenters. The van der Waals surface area contributed by atoms with Crippen molar-refractivity contribution >= 4 is 11.9 Å². The van der Waals surface area contributed by atoms with Crippen molar-refractivity contribution in [2.45, 2.75) is 13.2 Å². The van der Waals surface area contributed by atoms with Crippen LogP contribution in [0.15, 0.2) is 0 Å². The Balaban J connectivity index is 2.78. The molecule has 0 aliphatic carbocycles. The fraction of sp³-hybridized carbons (Fsp3) is 0.600. The van der Waals surface area contributed by atoms with E-state index in [4.69, 9.17) is 10.3 Å². The van der Waals surface area contributed by atoms with Crippen LogP contribution < -0.4 is 5.32 Å². The van der Waals surface area contributed by atoms with Gasteiger partial charge in [-0.2, -0.15) is 5.06 Å². The molecule has 0 aromatic carbocycles. The number of nitrogens with zero attached hydrogens (tertiary/aromatic N) is 1. The predicted octanol–water partition coefficient (Wildman–Crippen LogP) is -1.12. The Bertz CT molecular complexity index is 185. The highest BCUT2D eigenvalue weighted by Gasteiger charge is 2.36. The van der Waals surface area contributed by atoms with Crippen LogP contribution in [0, 0.1) is 5.92 Å². The number of hydrogen-bond acceptors (Lipinski definition) is 4. The van der Waals surface area contributed by atoms with Gasteiger partial charge < -0.3 is 5.11 Å². The van der Waals surface area contributed by atoms with Gasteiger partial charge in [-0.25, -0.2) is 4.79 Å². The number of imide groups is 1. The molecule has 0 saturated carbocycles. The Hall–Kier alpha value is -1.14. The van der Waals surface area contributed by atoms with Crippen LogP contribution in [0.5, 0.6) is 0 Å². The molecule has 6 heteroatoms. The van der Waals surface area contributed by atoms with Gasteiger partial charge in [0.1, 0.15) is 0 Å². The molecule has 0 aromatic heterocycles. The Kier molecular flexibility index (Phi) is 1.79. The molecule has 0 radical (unpaired) electrons. The third kappa shape index (κ3) is 1.17. The molecule has 0 aromatic rings. The van der Waals surface area contributed by atoms with Gasteiger partial charge in [0.2, 0.25) is 5.91 Å². The van der Waals surface area contributed by atoms with Gasteiger partial charge in [-0.05, 0) is 6.92 Å². The van der Waals surface area contributed by atoms with Gasteiger partial charge in [0.25, 0.3) is 0 Å². The van der Waals surface area contributed by atoms with Crippen molar-refractivity contribution in [3.8, 4) is 0 Å². The van der Waals surface area contributed by atoms with E-state index in [-0.39, 0.29) is 5.06 Å². The normalized spacial score (nSPS) is 32.1. The van der Waals surface area contributed by atoms with Gasteiger partial charge >= 0.3 is 6.03 Å². The van der Waals surface area contributed by atoms with Crippen LogP contribution in [-0.2, 0) is 4.79 Å². The number of rotatable bonds is 0. The summed E-state index contributed by atoms with van der Waals surface area (Å²) in [5.74, 6) is -1.40. The van der Waals surface area contributed by atoms with E-state index in [1.807, 2.05) is 5.32 Å². The first-order valence-electron chi connectivity index (χ1n) is 3.05. The van der Waals surface area contributed by atoms with Crippen molar-refractivity contribution < 1.29 is 19.9 Å². The molecule has 3 amide bonds. The van der Waals surface area contributed by atoms with Gasteiger partial charge in [0.05, 0.1) is 5.92 Å². The van der Waals surface area contributed by atoms with Gasteiger partial charge in [0.15, 0.2) is 6.23 Å². The molecule has 1 aliphatic heterocycles. The van der Waals surface area contributed by atoms with E-state index < -0.39 is 24.1 Å². The van der Waals surface area contributed by atoms with Gasteiger partial charge in [-0.3, -0.25) is 15.3 Å². The number of urea groups is 1. The Labute approximate surface area is 62.4 Å². The van der Waals surface area contributed by atoms with Crippen molar-refractivity contribution in [2.75, 3.05) is 0 Å². The van der Waals surface area contributed by atoms with E-state index in [2.05, 4.69) is 0 Å². The van der Waals surface area contributed by atoms with E-state index in [1.165, 1.54) is 6.92 Å². The first-order valence-corrected chi connectivity index (χ1v) is 3.05. The van der Waals surface area contributed by atoms with Crippen LogP contribution >= 0.6 is 0 Å². The van der Waals surface area contributed by atoms with Crippen molar-refractivity contribution in [3.63, 3.8) is 0 Å². The molecule has 1 saturated heterocycles. The minimum atomic E-state index is -1.45. The third-order valence-electron chi connectivity index (χ3n) is 1.55. The highest BCUT2D eigenvalue weighted by molar-refractivity contribution is 5.97.